The summed E-state index contributed by atoms with van der Waals surface area (Å²) in [5.41, 5.74) is 8.85. The van der Waals surface area contributed by atoms with Gasteiger partial charge in [0.25, 0.3) is 0 Å². The lowest BCUT2D eigenvalue weighted by Crippen LogP contribution is -2.28. The molecule has 0 radical (unpaired) electrons. The second-order valence-corrected chi connectivity index (χ2v) is 6.19. The molecule has 2 aromatic heterocycles. The second-order valence-electron chi connectivity index (χ2n) is 5.38. The summed E-state index contributed by atoms with van der Waals surface area (Å²) in [5, 5.41) is 7.10. The van der Waals surface area contributed by atoms with E-state index in [0.717, 1.165) is 22.0 Å². The number of carbonyl (C=O) groups excluding carboxylic acids is 1. The first kappa shape index (κ1) is 16.4. The highest BCUT2D eigenvalue weighted by Crippen LogP contribution is 2.16. The fourth-order valence-corrected chi connectivity index (χ4v) is 2.91. The highest BCUT2D eigenvalue weighted by molar-refractivity contribution is 7.14. The van der Waals surface area contributed by atoms with E-state index in [0.29, 0.717) is 19.6 Å². The standard InChI is InChI=1S/C16H19N5O2S/c1-11(14-9-21-16(20-14)24-10-18-21)19-15(22)8-12-2-4-13(5-3-12)23-7-6-17/h2-5,9-11H,6-8,17H2,1H3,(H,19,22). The van der Waals surface area contributed by atoms with Gasteiger partial charge in [0.1, 0.15) is 17.9 Å². The number of imidazole rings is 1. The zero-order valence-electron chi connectivity index (χ0n) is 13.3. The summed E-state index contributed by atoms with van der Waals surface area (Å²) in [6.07, 6.45) is 2.14. The van der Waals surface area contributed by atoms with Crippen molar-refractivity contribution < 1.29 is 9.53 Å². The van der Waals surface area contributed by atoms with E-state index in [1.165, 1.54) is 11.3 Å². The largest absolute Gasteiger partial charge is 0.492 e. The zero-order chi connectivity index (χ0) is 16.9. The Morgan fingerprint density at radius 1 is 1.42 bits per heavy atom. The van der Waals surface area contributed by atoms with Gasteiger partial charge in [-0.15, -0.1) is 0 Å². The first-order valence-electron chi connectivity index (χ1n) is 7.65. The Labute approximate surface area is 143 Å². The SMILES string of the molecule is CC(NC(=O)Cc1ccc(OCCN)cc1)c1cn2ncsc2n1. The van der Waals surface area contributed by atoms with Crippen molar-refractivity contribution >= 4 is 22.2 Å². The number of nitrogens with zero attached hydrogens (tertiary/aromatic N) is 3. The van der Waals surface area contributed by atoms with Crippen molar-refractivity contribution in [2.75, 3.05) is 13.2 Å². The molecule has 1 aromatic carbocycles. The van der Waals surface area contributed by atoms with Gasteiger partial charge < -0.3 is 15.8 Å². The fraction of sp³-hybridized carbons (Fsp3) is 0.312. The van der Waals surface area contributed by atoms with Gasteiger partial charge in [0, 0.05) is 6.54 Å². The van der Waals surface area contributed by atoms with Crippen molar-refractivity contribution in [1.29, 1.82) is 0 Å². The zero-order valence-corrected chi connectivity index (χ0v) is 14.1. The van der Waals surface area contributed by atoms with Crippen LogP contribution in [0, 0.1) is 0 Å². The Bertz CT molecular complexity index is 783. The van der Waals surface area contributed by atoms with Gasteiger partial charge >= 0.3 is 0 Å². The van der Waals surface area contributed by atoms with Crippen LogP contribution in [0.15, 0.2) is 36.0 Å². The number of nitrogens with one attached hydrogen (secondary N) is 1. The minimum Gasteiger partial charge on any atom is -0.492 e. The van der Waals surface area contributed by atoms with Crippen LogP contribution in [0.5, 0.6) is 5.75 Å². The van der Waals surface area contributed by atoms with Crippen molar-refractivity contribution in [3.8, 4) is 5.75 Å². The van der Waals surface area contributed by atoms with E-state index >= 15 is 0 Å². The number of rotatable bonds is 7. The third kappa shape index (κ3) is 3.90. The number of hydrogen-bond donors (Lipinski definition) is 2. The Morgan fingerprint density at radius 2 is 2.21 bits per heavy atom. The molecule has 3 aromatic rings. The molecule has 3 N–H and O–H groups in total. The maximum absolute atomic E-state index is 12.2. The van der Waals surface area contributed by atoms with Crippen LogP contribution in [0.1, 0.15) is 24.2 Å². The van der Waals surface area contributed by atoms with Crippen LogP contribution in [0.2, 0.25) is 0 Å². The van der Waals surface area contributed by atoms with E-state index in [1.807, 2.05) is 37.4 Å². The average Bonchev–Trinajstić information content (AvgIpc) is 3.15. The lowest BCUT2D eigenvalue weighted by atomic mass is 10.1. The van der Waals surface area contributed by atoms with Gasteiger partial charge in [-0.1, -0.05) is 23.5 Å². The Balaban J connectivity index is 1.55. The summed E-state index contributed by atoms with van der Waals surface area (Å²) in [4.78, 5) is 17.5. The van der Waals surface area contributed by atoms with E-state index in [2.05, 4.69) is 15.4 Å². The number of fused-ring (bicyclic) bond motifs is 1. The molecule has 1 amide bonds. The van der Waals surface area contributed by atoms with Crippen molar-refractivity contribution in [2.24, 2.45) is 5.73 Å². The van der Waals surface area contributed by atoms with Crippen molar-refractivity contribution in [3.05, 3.63) is 47.2 Å². The third-order valence-corrected chi connectivity index (χ3v) is 4.19. The summed E-state index contributed by atoms with van der Waals surface area (Å²) >= 11 is 1.46. The molecular formula is C16H19N5O2S. The molecule has 24 heavy (non-hydrogen) atoms. The minimum absolute atomic E-state index is 0.0533. The number of carbonyl (C=O) groups is 1. The number of benzene rings is 1. The first-order valence-corrected chi connectivity index (χ1v) is 8.53. The summed E-state index contributed by atoms with van der Waals surface area (Å²) in [6, 6.07) is 7.28. The predicted molar refractivity (Wildman–Crippen MR) is 92.1 cm³/mol. The van der Waals surface area contributed by atoms with E-state index in [-0.39, 0.29) is 11.9 Å². The fourth-order valence-electron chi connectivity index (χ4n) is 2.30. The molecule has 1 atom stereocenters. The van der Waals surface area contributed by atoms with Crippen LogP contribution < -0.4 is 15.8 Å². The molecule has 8 heteroatoms. The van der Waals surface area contributed by atoms with Crippen LogP contribution in [-0.4, -0.2) is 33.7 Å². The molecule has 0 fully saturated rings. The quantitative estimate of drug-likeness (QED) is 0.677. The summed E-state index contributed by atoms with van der Waals surface area (Å²) in [6.45, 7) is 2.87. The molecule has 0 aliphatic heterocycles. The van der Waals surface area contributed by atoms with Crippen LogP contribution in [0.25, 0.3) is 4.96 Å². The van der Waals surface area contributed by atoms with Crippen molar-refractivity contribution in [3.63, 3.8) is 0 Å². The Morgan fingerprint density at radius 3 is 2.92 bits per heavy atom. The molecule has 7 nitrogen and oxygen atoms in total. The highest BCUT2D eigenvalue weighted by Gasteiger charge is 2.14. The molecule has 0 bridgehead atoms. The van der Waals surface area contributed by atoms with Crippen LogP contribution >= 0.6 is 11.3 Å². The second kappa shape index (κ2) is 7.41. The summed E-state index contributed by atoms with van der Waals surface area (Å²) in [7, 11) is 0. The normalized spacial score (nSPS) is 12.2. The van der Waals surface area contributed by atoms with Gasteiger partial charge in [-0.2, -0.15) is 5.10 Å². The van der Waals surface area contributed by atoms with E-state index in [9.17, 15) is 4.79 Å². The van der Waals surface area contributed by atoms with Gasteiger partial charge in [-0.3, -0.25) is 4.79 Å². The van der Waals surface area contributed by atoms with Gasteiger partial charge in [0.2, 0.25) is 10.9 Å². The topological polar surface area (TPSA) is 94.5 Å². The third-order valence-electron chi connectivity index (χ3n) is 3.50. The minimum atomic E-state index is -0.168. The van der Waals surface area contributed by atoms with E-state index in [4.69, 9.17) is 10.5 Å². The van der Waals surface area contributed by atoms with Crippen LogP contribution in [0.4, 0.5) is 0 Å². The van der Waals surface area contributed by atoms with Crippen molar-refractivity contribution in [1.82, 2.24) is 19.9 Å². The molecule has 2 heterocycles. The van der Waals surface area contributed by atoms with Crippen LogP contribution in [0.3, 0.4) is 0 Å². The molecule has 126 valence electrons. The maximum atomic E-state index is 12.2. The lowest BCUT2D eigenvalue weighted by Gasteiger charge is -2.11. The predicted octanol–water partition coefficient (Wildman–Crippen LogP) is 1.55. The molecule has 1 unspecified atom stereocenters. The van der Waals surface area contributed by atoms with E-state index < -0.39 is 0 Å². The maximum Gasteiger partial charge on any atom is 0.224 e. The lowest BCUT2D eigenvalue weighted by molar-refractivity contribution is -0.121. The molecular weight excluding hydrogens is 326 g/mol. The van der Waals surface area contributed by atoms with Crippen LogP contribution in [-0.2, 0) is 11.2 Å². The van der Waals surface area contributed by atoms with Crippen molar-refractivity contribution in [2.45, 2.75) is 19.4 Å². The molecule has 0 aliphatic rings. The smallest absolute Gasteiger partial charge is 0.224 e. The highest BCUT2D eigenvalue weighted by atomic mass is 32.1. The number of hydrogen-bond acceptors (Lipinski definition) is 6. The average molecular weight is 345 g/mol. The molecule has 0 saturated heterocycles. The number of aromatic nitrogens is 3. The molecule has 0 saturated carbocycles. The summed E-state index contributed by atoms with van der Waals surface area (Å²) in [5.74, 6) is 0.700. The molecule has 0 aliphatic carbocycles. The monoisotopic (exact) mass is 345 g/mol. The summed E-state index contributed by atoms with van der Waals surface area (Å²) < 4.78 is 7.13. The molecule has 3 rings (SSSR count). The number of ether oxygens (including phenoxy) is 1. The Kier molecular flexibility index (Phi) is 5.07. The number of nitrogens with two attached hydrogens (primary N) is 1. The van der Waals surface area contributed by atoms with E-state index in [1.54, 1.807) is 10.0 Å². The van der Waals surface area contributed by atoms with Gasteiger partial charge in [-0.25, -0.2) is 9.50 Å². The van der Waals surface area contributed by atoms with Gasteiger partial charge in [0.15, 0.2) is 0 Å². The first-order chi connectivity index (χ1) is 11.7. The Hall–Kier alpha value is -2.45. The van der Waals surface area contributed by atoms with Gasteiger partial charge in [0.05, 0.1) is 24.4 Å². The van der Waals surface area contributed by atoms with Gasteiger partial charge in [-0.05, 0) is 24.6 Å². The number of amides is 1. The molecule has 0 spiro atoms.